The molecule has 0 aromatic heterocycles. The molecule has 0 bridgehead atoms. The van der Waals surface area contributed by atoms with Crippen molar-refractivity contribution in [1.82, 2.24) is 14.5 Å². The average Bonchev–Trinajstić information content (AvgIpc) is 3.21. The average molecular weight is 436 g/mol. The van der Waals surface area contributed by atoms with E-state index in [0.29, 0.717) is 26.2 Å². The Morgan fingerprint density at radius 2 is 1.90 bits per heavy atom. The van der Waals surface area contributed by atoms with Gasteiger partial charge in [-0.15, -0.1) is 0 Å². The normalized spacial score (nSPS) is 17.2. The number of sulfonamides is 1. The topological polar surface area (TPSA) is 106 Å². The van der Waals surface area contributed by atoms with Crippen molar-refractivity contribution >= 4 is 21.6 Å². The molecule has 0 radical (unpaired) electrons. The van der Waals surface area contributed by atoms with E-state index < -0.39 is 10.0 Å². The number of anilines is 1. The number of carbonyl (C=O) groups excluding carboxylic acids is 1. The summed E-state index contributed by atoms with van der Waals surface area (Å²) in [5.41, 5.74) is 0.433. The second kappa shape index (κ2) is 10.2. The monoisotopic (exact) mass is 435 g/mol. The van der Waals surface area contributed by atoms with Gasteiger partial charge < -0.3 is 15.5 Å². The van der Waals surface area contributed by atoms with E-state index in [4.69, 9.17) is 5.26 Å². The van der Waals surface area contributed by atoms with Crippen LogP contribution in [0.25, 0.3) is 0 Å². The molecule has 9 heteroatoms. The van der Waals surface area contributed by atoms with Gasteiger partial charge in [-0.3, -0.25) is 4.79 Å². The fourth-order valence-electron chi connectivity index (χ4n) is 3.46. The van der Waals surface area contributed by atoms with Crippen LogP contribution in [0.15, 0.2) is 29.2 Å². The van der Waals surface area contributed by atoms with Crippen LogP contribution in [0.4, 0.5) is 5.69 Å². The molecule has 0 saturated carbocycles. The van der Waals surface area contributed by atoms with Crippen molar-refractivity contribution in [3.05, 3.63) is 24.3 Å². The first-order valence-electron chi connectivity index (χ1n) is 10.4. The van der Waals surface area contributed by atoms with Crippen LogP contribution < -0.4 is 10.6 Å². The van der Waals surface area contributed by atoms with E-state index in [2.05, 4.69) is 16.7 Å². The number of nitrogens with zero attached hydrogens (tertiary/aromatic N) is 3. The first kappa shape index (κ1) is 24.1. The van der Waals surface area contributed by atoms with Crippen molar-refractivity contribution < 1.29 is 13.2 Å². The number of amides is 1. The Balaban J connectivity index is 1.90. The van der Waals surface area contributed by atoms with Gasteiger partial charge in [0.2, 0.25) is 15.9 Å². The zero-order valence-electron chi connectivity index (χ0n) is 18.3. The van der Waals surface area contributed by atoms with Crippen molar-refractivity contribution in [2.75, 3.05) is 38.0 Å². The van der Waals surface area contributed by atoms with Gasteiger partial charge in [-0.1, -0.05) is 13.8 Å². The summed E-state index contributed by atoms with van der Waals surface area (Å²) in [6.07, 6.45) is 1.61. The molecule has 8 nitrogen and oxygen atoms in total. The van der Waals surface area contributed by atoms with Gasteiger partial charge >= 0.3 is 0 Å². The third kappa shape index (κ3) is 5.94. The quantitative estimate of drug-likeness (QED) is 0.582. The molecule has 1 atom stereocenters. The number of hydrogen-bond donors (Lipinski definition) is 2. The maximum atomic E-state index is 12.6. The van der Waals surface area contributed by atoms with E-state index in [1.807, 2.05) is 27.7 Å². The van der Waals surface area contributed by atoms with Crippen LogP contribution in [0, 0.1) is 11.3 Å². The molecule has 30 heavy (non-hydrogen) atoms. The Morgan fingerprint density at radius 1 is 1.27 bits per heavy atom. The summed E-state index contributed by atoms with van der Waals surface area (Å²) in [5, 5.41) is 15.7. The summed E-state index contributed by atoms with van der Waals surface area (Å²) in [6.45, 7) is 9.84. The Morgan fingerprint density at radius 3 is 2.47 bits per heavy atom. The molecular weight excluding hydrogens is 402 g/mol. The lowest BCUT2D eigenvalue weighted by Gasteiger charge is -2.29. The van der Waals surface area contributed by atoms with Crippen molar-refractivity contribution in [1.29, 1.82) is 5.26 Å². The fourth-order valence-corrected chi connectivity index (χ4v) is 4.92. The van der Waals surface area contributed by atoms with E-state index in [-0.39, 0.29) is 28.9 Å². The summed E-state index contributed by atoms with van der Waals surface area (Å²) in [6, 6.07) is 8.59. The maximum Gasteiger partial charge on any atom is 0.243 e. The van der Waals surface area contributed by atoms with Crippen LogP contribution in [-0.2, 0) is 14.8 Å². The Hall–Kier alpha value is -2.15. The van der Waals surface area contributed by atoms with Crippen LogP contribution in [0.2, 0.25) is 0 Å². The van der Waals surface area contributed by atoms with Gasteiger partial charge in [0.25, 0.3) is 0 Å². The number of nitrogens with one attached hydrogen (secondary N) is 2. The van der Waals surface area contributed by atoms with Crippen LogP contribution in [0.3, 0.4) is 0 Å². The second-order valence-corrected chi connectivity index (χ2v) is 10.0. The molecule has 1 aromatic rings. The smallest absolute Gasteiger partial charge is 0.243 e. The minimum atomic E-state index is -3.47. The summed E-state index contributed by atoms with van der Waals surface area (Å²) < 4.78 is 26.6. The zero-order chi connectivity index (χ0) is 22.4. The van der Waals surface area contributed by atoms with Crippen molar-refractivity contribution in [2.24, 2.45) is 0 Å². The Bertz CT molecular complexity index is 858. The van der Waals surface area contributed by atoms with Gasteiger partial charge in [0, 0.05) is 37.4 Å². The summed E-state index contributed by atoms with van der Waals surface area (Å²) in [7, 11) is -3.47. The lowest BCUT2D eigenvalue weighted by atomic mass is 10.1. The number of likely N-dealkylation sites (tertiary alicyclic amines) is 1. The Labute approximate surface area is 180 Å². The van der Waals surface area contributed by atoms with Gasteiger partial charge in [0.15, 0.2) is 0 Å². The van der Waals surface area contributed by atoms with Crippen LogP contribution >= 0.6 is 0 Å². The maximum absolute atomic E-state index is 12.6. The second-order valence-electron chi connectivity index (χ2n) is 8.08. The van der Waals surface area contributed by atoms with Gasteiger partial charge in [0.05, 0.1) is 17.5 Å². The highest BCUT2D eigenvalue weighted by Gasteiger charge is 2.29. The van der Waals surface area contributed by atoms with Crippen LogP contribution in [0.1, 0.15) is 40.5 Å². The SMILES string of the molecule is CCN(CC)S(=O)(=O)c1ccc(NCC(C)(C)NCC(=O)N2CCC[C@H]2C#N)cc1. The van der Waals surface area contributed by atoms with Crippen LogP contribution in [-0.4, -0.2) is 67.8 Å². The molecule has 0 spiro atoms. The largest absolute Gasteiger partial charge is 0.383 e. The van der Waals surface area contributed by atoms with E-state index in [9.17, 15) is 13.2 Å². The molecule has 1 saturated heterocycles. The first-order chi connectivity index (χ1) is 14.1. The summed E-state index contributed by atoms with van der Waals surface area (Å²) in [4.78, 5) is 14.3. The van der Waals surface area contributed by atoms with E-state index in [0.717, 1.165) is 18.5 Å². The first-order valence-corrected chi connectivity index (χ1v) is 11.9. The predicted molar refractivity (Wildman–Crippen MR) is 117 cm³/mol. The van der Waals surface area contributed by atoms with E-state index >= 15 is 0 Å². The van der Waals surface area contributed by atoms with E-state index in [1.54, 1.807) is 29.2 Å². The molecule has 1 aromatic carbocycles. The highest BCUT2D eigenvalue weighted by atomic mass is 32.2. The molecule has 166 valence electrons. The molecule has 0 aliphatic carbocycles. The van der Waals surface area contributed by atoms with E-state index in [1.165, 1.54) is 4.31 Å². The molecular formula is C21H33N5O3S. The number of nitriles is 1. The molecule has 1 amide bonds. The fraction of sp³-hybridized carbons (Fsp3) is 0.619. The summed E-state index contributed by atoms with van der Waals surface area (Å²) in [5.74, 6) is -0.0573. The number of carbonyl (C=O) groups is 1. The zero-order valence-corrected chi connectivity index (χ0v) is 19.1. The highest BCUT2D eigenvalue weighted by molar-refractivity contribution is 7.89. The van der Waals surface area contributed by atoms with Gasteiger partial charge in [-0.05, 0) is 51.0 Å². The molecule has 1 fully saturated rings. The third-order valence-corrected chi connectivity index (χ3v) is 7.44. The molecule has 1 aliphatic rings. The molecule has 1 heterocycles. The van der Waals surface area contributed by atoms with Gasteiger partial charge in [-0.2, -0.15) is 9.57 Å². The van der Waals surface area contributed by atoms with Crippen LogP contribution in [0.5, 0.6) is 0 Å². The molecule has 2 rings (SSSR count). The standard InChI is InChI=1S/C21H33N5O3S/c1-5-25(6-2)30(28,29)19-11-9-17(10-12-19)23-16-21(3,4)24-15-20(27)26-13-7-8-18(26)14-22/h9-12,18,23-24H,5-8,13,15-16H2,1-4H3/t18-/m0/s1. The van der Waals surface area contributed by atoms with Gasteiger partial charge in [0.1, 0.15) is 6.04 Å². The van der Waals surface area contributed by atoms with Gasteiger partial charge in [-0.25, -0.2) is 8.42 Å². The number of hydrogen-bond acceptors (Lipinski definition) is 6. The highest BCUT2D eigenvalue weighted by Crippen LogP contribution is 2.19. The Kier molecular flexibility index (Phi) is 8.24. The molecule has 2 N–H and O–H groups in total. The number of benzene rings is 1. The minimum absolute atomic E-state index is 0.0573. The lowest BCUT2D eigenvalue weighted by Crippen LogP contribution is -2.50. The predicted octanol–water partition coefficient (Wildman–Crippen LogP) is 2.01. The third-order valence-electron chi connectivity index (χ3n) is 5.37. The lowest BCUT2D eigenvalue weighted by molar-refractivity contribution is -0.130. The summed E-state index contributed by atoms with van der Waals surface area (Å²) >= 11 is 0. The minimum Gasteiger partial charge on any atom is -0.383 e. The molecule has 0 unspecified atom stereocenters. The van der Waals surface area contributed by atoms with Crippen molar-refractivity contribution in [2.45, 2.75) is 57.0 Å². The number of rotatable bonds is 10. The van der Waals surface area contributed by atoms with Crippen molar-refractivity contribution in [3.63, 3.8) is 0 Å². The van der Waals surface area contributed by atoms with Crippen molar-refractivity contribution in [3.8, 4) is 6.07 Å². The molecule has 1 aliphatic heterocycles.